The standard InChI is InChI=1S/C19H29N3O3S/c1-3-24-11-5-9-20-18(21-10-7-17-6-4-12-25-17)22-15-19(2,23)16-8-13-26-14-16/h4,6,8,12-14,23H,3,5,7,9-11,15H2,1-2H3,(H2,20,21,22). The van der Waals surface area contributed by atoms with Crippen LogP contribution in [0.3, 0.4) is 0 Å². The Morgan fingerprint density at radius 2 is 2.19 bits per heavy atom. The SMILES string of the molecule is CCOCCCNC(=NCC(C)(O)c1ccsc1)NCCc1ccco1. The number of furan rings is 1. The van der Waals surface area contributed by atoms with Crippen LogP contribution in [0.15, 0.2) is 44.6 Å². The maximum atomic E-state index is 10.6. The average Bonchev–Trinajstić information content (AvgIpc) is 3.32. The van der Waals surface area contributed by atoms with E-state index in [1.807, 2.05) is 35.9 Å². The quantitative estimate of drug-likeness (QED) is 0.318. The van der Waals surface area contributed by atoms with E-state index in [2.05, 4.69) is 15.6 Å². The van der Waals surface area contributed by atoms with Gasteiger partial charge in [0, 0.05) is 32.7 Å². The van der Waals surface area contributed by atoms with Gasteiger partial charge in [-0.05, 0) is 54.8 Å². The Hall–Kier alpha value is -1.83. The summed E-state index contributed by atoms with van der Waals surface area (Å²) in [6, 6.07) is 5.77. The fourth-order valence-electron chi connectivity index (χ4n) is 2.35. The van der Waals surface area contributed by atoms with Crippen molar-refractivity contribution in [3.05, 3.63) is 46.5 Å². The molecule has 0 radical (unpaired) electrons. The first kappa shape index (κ1) is 20.5. The second kappa shape index (κ2) is 11.0. The molecule has 3 N–H and O–H groups in total. The van der Waals surface area contributed by atoms with E-state index in [4.69, 9.17) is 9.15 Å². The summed E-state index contributed by atoms with van der Waals surface area (Å²) in [6.07, 6.45) is 3.34. The van der Waals surface area contributed by atoms with Gasteiger partial charge in [0.25, 0.3) is 0 Å². The zero-order chi connectivity index (χ0) is 18.7. The number of aliphatic imine (C=N–C) groups is 1. The molecule has 7 heteroatoms. The molecule has 0 amide bonds. The number of aliphatic hydroxyl groups is 1. The Bertz CT molecular complexity index is 625. The van der Waals surface area contributed by atoms with Crippen LogP contribution in [0.5, 0.6) is 0 Å². The molecule has 0 fully saturated rings. The highest BCUT2D eigenvalue weighted by Gasteiger charge is 2.23. The molecule has 26 heavy (non-hydrogen) atoms. The van der Waals surface area contributed by atoms with E-state index in [9.17, 15) is 5.11 Å². The Balaban J connectivity index is 1.87. The normalized spacial score (nSPS) is 14.2. The lowest BCUT2D eigenvalue weighted by Crippen LogP contribution is -2.40. The molecule has 0 saturated carbocycles. The molecule has 0 saturated heterocycles. The van der Waals surface area contributed by atoms with E-state index in [-0.39, 0.29) is 6.54 Å². The Morgan fingerprint density at radius 3 is 2.88 bits per heavy atom. The van der Waals surface area contributed by atoms with Crippen LogP contribution in [0.4, 0.5) is 0 Å². The number of hydrogen-bond donors (Lipinski definition) is 3. The third-order valence-corrected chi connectivity index (χ3v) is 4.58. The summed E-state index contributed by atoms with van der Waals surface area (Å²) in [5, 5.41) is 21.2. The Labute approximate surface area is 159 Å². The van der Waals surface area contributed by atoms with Crippen molar-refractivity contribution in [2.24, 2.45) is 4.99 Å². The zero-order valence-corrected chi connectivity index (χ0v) is 16.3. The molecule has 1 atom stereocenters. The van der Waals surface area contributed by atoms with Crippen LogP contribution in [0.2, 0.25) is 0 Å². The molecule has 2 aromatic rings. The number of nitrogens with zero attached hydrogens (tertiary/aromatic N) is 1. The number of ether oxygens (including phenoxy) is 1. The second-order valence-electron chi connectivity index (χ2n) is 6.18. The van der Waals surface area contributed by atoms with Crippen molar-refractivity contribution in [2.45, 2.75) is 32.3 Å². The van der Waals surface area contributed by atoms with Gasteiger partial charge in [-0.1, -0.05) is 0 Å². The lowest BCUT2D eigenvalue weighted by atomic mass is 10.00. The van der Waals surface area contributed by atoms with Gasteiger partial charge in [-0.15, -0.1) is 0 Å². The highest BCUT2D eigenvalue weighted by Crippen LogP contribution is 2.23. The van der Waals surface area contributed by atoms with Crippen LogP contribution in [0, 0.1) is 0 Å². The third kappa shape index (κ3) is 7.19. The van der Waals surface area contributed by atoms with Gasteiger partial charge in [-0.3, -0.25) is 0 Å². The maximum absolute atomic E-state index is 10.6. The summed E-state index contributed by atoms with van der Waals surface area (Å²) in [5.41, 5.74) is -0.0986. The van der Waals surface area contributed by atoms with Crippen LogP contribution in [0.1, 0.15) is 31.6 Å². The first-order valence-corrected chi connectivity index (χ1v) is 9.93. The molecule has 0 spiro atoms. The van der Waals surface area contributed by atoms with Crippen molar-refractivity contribution < 1.29 is 14.3 Å². The smallest absolute Gasteiger partial charge is 0.191 e. The van der Waals surface area contributed by atoms with Crippen molar-refractivity contribution in [1.82, 2.24) is 10.6 Å². The Kier molecular flexibility index (Phi) is 8.67. The van der Waals surface area contributed by atoms with Gasteiger partial charge in [-0.25, -0.2) is 4.99 Å². The van der Waals surface area contributed by atoms with Gasteiger partial charge in [0.1, 0.15) is 11.4 Å². The molecular weight excluding hydrogens is 350 g/mol. The first-order valence-electron chi connectivity index (χ1n) is 8.99. The van der Waals surface area contributed by atoms with E-state index >= 15 is 0 Å². The fraction of sp³-hybridized carbons (Fsp3) is 0.526. The summed E-state index contributed by atoms with van der Waals surface area (Å²) < 4.78 is 10.7. The number of rotatable bonds is 11. The summed E-state index contributed by atoms with van der Waals surface area (Å²) >= 11 is 1.57. The largest absolute Gasteiger partial charge is 0.469 e. The molecular formula is C19H29N3O3S. The second-order valence-corrected chi connectivity index (χ2v) is 6.96. The molecule has 1 unspecified atom stereocenters. The molecule has 2 rings (SSSR count). The molecule has 0 aliphatic rings. The molecule has 6 nitrogen and oxygen atoms in total. The number of guanidine groups is 1. The topological polar surface area (TPSA) is 79.0 Å². The Morgan fingerprint density at radius 1 is 1.35 bits per heavy atom. The van der Waals surface area contributed by atoms with Gasteiger partial charge in [0.15, 0.2) is 5.96 Å². The van der Waals surface area contributed by atoms with E-state index in [1.165, 1.54) is 0 Å². The minimum Gasteiger partial charge on any atom is -0.469 e. The van der Waals surface area contributed by atoms with Crippen molar-refractivity contribution in [1.29, 1.82) is 0 Å². The van der Waals surface area contributed by atoms with Crippen LogP contribution >= 0.6 is 11.3 Å². The molecule has 0 aliphatic heterocycles. The number of nitrogens with one attached hydrogen (secondary N) is 2. The van der Waals surface area contributed by atoms with Gasteiger partial charge >= 0.3 is 0 Å². The van der Waals surface area contributed by atoms with Gasteiger partial charge in [-0.2, -0.15) is 11.3 Å². The van der Waals surface area contributed by atoms with Gasteiger partial charge < -0.3 is 24.9 Å². The van der Waals surface area contributed by atoms with Crippen LogP contribution < -0.4 is 10.6 Å². The van der Waals surface area contributed by atoms with E-state index in [0.717, 1.165) is 43.9 Å². The van der Waals surface area contributed by atoms with E-state index < -0.39 is 5.60 Å². The molecule has 144 valence electrons. The maximum Gasteiger partial charge on any atom is 0.191 e. The molecule has 2 heterocycles. The van der Waals surface area contributed by atoms with Gasteiger partial charge in [0.2, 0.25) is 0 Å². The summed E-state index contributed by atoms with van der Waals surface area (Å²) in [5.74, 6) is 1.61. The lowest BCUT2D eigenvalue weighted by Gasteiger charge is -2.21. The highest BCUT2D eigenvalue weighted by molar-refractivity contribution is 7.08. The predicted octanol–water partition coefficient (Wildman–Crippen LogP) is 2.75. The summed E-state index contributed by atoms with van der Waals surface area (Å²) in [7, 11) is 0. The van der Waals surface area contributed by atoms with E-state index in [0.29, 0.717) is 12.5 Å². The van der Waals surface area contributed by atoms with Crippen molar-refractivity contribution in [2.75, 3.05) is 32.8 Å². The van der Waals surface area contributed by atoms with Crippen LogP contribution in [-0.2, 0) is 16.8 Å². The highest BCUT2D eigenvalue weighted by atomic mass is 32.1. The monoisotopic (exact) mass is 379 g/mol. The molecule has 2 aromatic heterocycles. The van der Waals surface area contributed by atoms with Crippen LogP contribution in [-0.4, -0.2) is 43.9 Å². The molecule has 0 aromatic carbocycles. The zero-order valence-electron chi connectivity index (χ0n) is 15.5. The third-order valence-electron chi connectivity index (χ3n) is 3.89. The van der Waals surface area contributed by atoms with Crippen LogP contribution in [0.25, 0.3) is 0 Å². The summed E-state index contributed by atoms with van der Waals surface area (Å²) in [6.45, 7) is 6.96. The predicted molar refractivity (Wildman–Crippen MR) is 106 cm³/mol. The molecule has 0 bridgehead atoms. The van der Waals surface area contributed by atoms with Crippen molar-refractivity contribution in [3.63, 3.8) is 0 Å². The summed E-state index contributed by atoms with van der Waals surface area (Å²) in [4.78, 5) is 4.57. The van der Waals surface area contributed by atoms with Crippen molar-refractivity contribution >= 4 is 17.3 Å². The minimum absolute atomic E-state index is 0.283. The minimum atomic E-state index is -0.985. The fourth-order valence-corrected chi connectivity index (χ4v) is 3.14. The van der Waals surface area contributed by atoms with E-state index in [1.54, 1.807) is 24.5 Å². The number of thiophene rings is 1. The first-order chi connectivity index (χ1) is 12.6. The average molecular weight is 380 g/mol. The number of hydrogen-bond acceptors (Lipinski definition) is 5. The van der Waals surface area contributed by atoms with Gasteiger partial charge in [0.05, 0.1) is 12.8 Å². The lowest BCUT2D eigenvalue weighted by molar-refractivity contribution is 0.0677. The molecule has 0 aliphatic carbocycles. The van der Waals surface area contributed by atoms with Crippen molar-refractivity contribution in [3.8, 4) is 0 Å².